The molecule has 2 aromatic rings. The molecule has 13 heteroatoms. The molecule has 0 aliphatic rings. The molecule has 0 aromatic heterocycles. The summed E-state index contributed by atoms with van der Waals surface area (Å²) in [6.45, 7) is 0. The zero-order valence-corrected chi connectivity index (χ0v) is 18.2. The Kier molecular flexibility index (Phi) is 7.41. The van der Waals surface area contributed by atoms with Crippen molar-refractivity contribution in [2.75, 3.05) is 0 Å². The first-order chi connectivity index (χ1) is 11.3. The minimum Gasteiger partial charge on any atom is -0.506 e. The van der Waals surface area contributed by atoms with Crippen LogP contribution in [0.3, 0.4) is 0 Å². The van der Waals surface area contributed by atoms with Crippen molar-refractivity contribution in [3.8, 4) is 11.5 Å². The first-order valence-corrected chi connectivity index (χ1v) is 9.92. The van der Waals surface area contributed by atoms with Gasteiger partial charge in [0, 0.05) is 57.2 Å². The maximum absolute atomic E-state index is 11.3. The van der Waals surface area contributed by atoms with E-state index in [4.69, 9.17) is 32.3 Å². The van der Waals surface area contributed by atoms with Crippen LogP contribution in [0.25, 0.3) is 0 Å². The fourth-order valence-corrected chi connectivity index (χ4v) is 4.04. The van der Waals surface area contributed by atoms with Crippen LogP contribution in [0.2, 0.25) is 10.0 Å². The van der Waals surface area contributed by atoms with Gasteiger partial charge in [0.25, 0.3) is 20.2 Å². The van der Waals surface area contributed by atoms with Crippen LogP contribution in [0.1, 0.15) is 11.1 Å². The van der Waals surface area contributed by atoms with Crippen LogP contribution < -0.4 is 0 Å². The van der Waals surface area contributed by atoms with Gasteiger partial charge in [0.05, 0.1) is 0 Å². The summed E-state index contributed by atoms with van der Waals surface area (Å²) in [7, 11) is -9.56. The number of benzene rings is 2. The van der Waals surface area contributed by atoms with E-state index < -0.39 is 47.9 Å². The quantitative estimate of drug-likeness (QED) is 0.407. The molecule has 0 amide bonds. The van der Waals surface area contributed by atoms with Crippen LogP contribution in [0.15, 0.2) is 34.1 Å². The largest absolute Gasteiger partial charge is 0.506 e. The Morgan fingerprint density at radius 3 is 1.31 bits per heavy atom. The number of rotatable bonds is 4. The first kappa shape index (κ1) is 23.5. The number of phenols is 2. The Hall–Kier alpha value is -0.560. The Bertz CT molecular complexity index is 983. The Balaban J connectivity index is 0.00000338. The molecule has 0 aliphatic heterocycles. The zero-order chi connectivity index (χ0) is 19.2. The van der Waals surface area contributed by atoms with Crippen LogP contribution in [0, 0.1) is 0 Å². The van der Waals surface area contributed by atoms with Gasteiger partial charge >= 0.3 is 0 Å². The maximum Gasteiger partial charge on any atom is 0.298 e. The molecule has 0 spiro atoms. The van der Waals surface area contributed by atoms with Gasteiger partial charge in [-0.1, -0.05) is 23.2 Å². The molecular formula is C13H10Cl2NaO8S2. The van der Waals surface area contributed by atoms with Crippen LogP contribution in [-0.2, 0) is 26.7 Å². The van der Waals surface area contributed by atoms with Gasteiger partial charge in [0.15, 0.2) is 0 Å². The Morgan fingerprint density at radius 1 is 0.731 bits per heavy atom. The molecular weight excluding hydrogens is 442 g/mol. The summed E-state index contributed by atoms with van der Waals surface area (Å²) in [4.78, 5) is -1.71. The molecule has 8 nitrogen and oxygen atoms in total. The summed E-state index contributed by atoms with van der Waals surface area (Å²) in [5, 5.41) is 19.8. The van der Waals surface area contributed by atoms with Gasteiger partial charge in [0.1, 0.15) is 21.3 Å². The topological polar surface area (TPSA) is 149 Å². The molecule has 4 N–H and O–H groups in total. The summed E-state index contributed by atoms with van der Waals surface area (Å²) in [6.07, 6.45) is -0.399. The molecule has 0 saturated heterocycles. The van der Waals surface area contributed by atoms with Crippen molar-refractivity contribution in [3.05, 3.63) is 45.4 Å². The minimum absolute atomic E-state index is 0. The van der Waals surface area contributed by atoms with Gasteiger partial charge in [-0.05, 0) is 24.3 Å². The predicted molar refractivity (Wildman–Crippen MR) is 94.4 cm³/mol. The normalized spacial score (nSPS) is 11.8. The molecule has 0 heterocycles. The summed E-state index contributed by atoms with van der Waals surface area (Å²) in [5.41, 5.74) is -0.280. The van der Waals surface area contributed by atoms with Crippen molar-refractivity contribution in [1.29, 1.82) is 0 Å². The SMILES string of the molecule is O=S(=O)(O)c1cc(Cl)cc(Cc2cc(Cl)cc(S(=O)(=O)O)c2O)c1O.[Na]. The van der Waals surface area contributed by atoms with Crippen molar-refractivity contribution in [3.63, 3.8) is 0 Å². The summed E-state index contributed by atoms with van der Waals surface area (Å²) in [6, 6.07) is 3.94. The van der Waals surface area contributed by atoms with Crippen molar-refractivity contribution in [1.82, 2.24) is 0 Å². The number of phenolic OH excluding ortho intramolecular Hbond substituents is 2. The molecule has 1 radical (unpaired) electrons. The Morgan fingerprint density at radius 2 is 1.04 bits per heavy atom. The standard InChI is InChI=1S/C13H10Cl2O8S2.Na/c14-8-2-6(12(16)10(4-8)24(18,19)20)1-7-3-9(15)5-11(13(7)17)25(21,22)23;/h2-5,16-17H,1H2,(H,18,19,20)(H,21,22,23);. The van der Waals surface area contributed by atoms with Gasteiger partial charge in [-0.25, -0.2) is 0 Å². The van der Waals surface area contributed by atoms with E-state index in [1.54, 1.807) is 0 Å². The van der Waals surface area contributed by atoms with Crippen molar-refractivity contribution in [2.45, 2.75) is 16.2 Å². The molecule has 0 bridgehead atoms. The number of halogens is 2. The van der Waals surface area contributed by atoms with Crippen LogP contribution in [0.5, 0.6) is 11.5 Å². The second-order valence-electron chi connectivity index (χ2n) is 4.95. The molecule has 0 saturated carbocycles. The Labute approximate surface area is 181 Å². The van der Waals surface area contributed by atoms with Crippen LogP contribution >= 0.6 is 23.2 Å². The van der Waals surface area contributed by atoms with Gasteiger partial charge in [0.2, 0.25) is 0 Å². The molecule has 0 unspecified atom stereocenters. The summed E-state index contributed by atoms with van der Waals surface area (Å²) < 4.78 is 63.3. The zero-order valence-electron chi connectivity index (χ0n) is 13.0. The van der Waals surface area contributed by atoms with Crippen LogP contribution in [0.4, 0.5) is 0 Å². The van der Waals surface area contributed by atoms with Crippen molar-refractivity contribution >= 4 is 73.0 Å². The molecule has 0 atom stereocenters. The maximum atomic E-state index is 11.3. The smallest absolute Gasteiger partial charge is 0.298 e. The van der Waals surface area contributed by atoms with E-state index in [1.165, 1.54) is 0 Å². The average molecular weight is 452 g/mol. The average Bonchev–Trinajstić information content (AvgIpc) is 2.43. The van der Waals surface area contributed by atoms with E-state index in [-0.39, 0.29) is 50.7 Å². The molecule has 137 valence electrons. The first-order valence-electron chi connectivity index (χ1n) is 6.28. The molecule has 2 aromatic carbocycles. The molecule has 2 rings (SSSR count). The predicted octanol–water partition coefficient (Wildman–Crippen LogP) is 2.11. The minimum atomic E-state index is -4.78. The fourth-order valence-electron chi connectivity index (χ4n) is 2.12. The van der Waals surface area contributed by atoms with E-state index in [1.807, 2.05) is 0 Å². The van der Waals surface area contributed by atoms with Gasteiger partial charge < -0.3 is 10.2 Å². The number of hydrogen-bond donors (Lipinski definition) is 4. The molecule has 26 heavy (non-hydrogen) atoms. The van der Waals surface area contributed by atoms with Gasteiger partial charge in [-0.15, -0.1) is 0 Å². The molecule has 0 fully saturated rings. The number of aromatic hydroxyl groups is 2. The molecule has 0 aliphatic carbocycles. The monoisotopic (exact) mass is 451 g/mol. The van der Waals surface area contributed by atoms with E-state index >= 15 is 0 Å². The van der Waals surface area contributed by atoms with E-state index in [0.717, 1.165) is 24.3 Å². The number of hydrogen-bond acceptors (Lipinski definition) is 6. The fraction of sp³-hybridized carbons (Fsp3) is 0.0769. The van der Waals surface area contributed by atoms with Crippen LogP contribution in [-0.4, -0.2) is 65.7 Å². The third-order valence-corrected chi connectivity index (χ3v) is 5.34. The van der Waals surface area contributed by atoms with E-state index in [9.17, 15) is 27.0 Å². The third-order valence-electron chi connectivity index (χ3n) is 3.17. The van der Waals surface area contributed by atoms with Gasteiger partial charge in [-0.2, -0.15) is 16.8 Å². The third kappa shape index (κ3) is 5.24. The van der Waals surface area contributed by atoms with Crippen molar-refractivity contribution in [2.24, 2.45) is 0 Å². The second-order valence-corrected chi connectivity index (χ2v) is 8.60. The summed E-state index contributed by atoms with van der Waals surface area (Å²) >= 11 is 11.5. The summed E-state index contributed by atoms with van der Waals surface area (Å²) in [5.74, 6) is -1.67. The van der Waals surface area contributed by atoms with E-state index in [0.29, 0.717) is 0 Å². The second kappa shape index (κ2) is 8.21. The van der Waals surface area contributed by atoms with Gasteiger partial charge in [-0.3, -0.25) is 9.11 Å². The van der Waals surface area contributed by atoms with Crippen molar-refractivity contribution < 1.29 is 36.2 Å². The van der Waals surface area contributed by atoms with E-state index in [2.05, 4.69) is 0 Å².